The van der Waals surface area contributed by atoms with E-state index in [-0.39, 0.29) is 5.91 Å². The molecule has 0 fully saturated rings. The first kappa shape index (κ1) is 20.6. The van der Waals surface area contributed by atoms with Crippen LogP contribution in [0.15, 0.2) is 59.1 Å². The van der Waals surface area contributed by atoms with E-state index in [1.807, 2.05) is 61.5 Å². The largest absolute Gasteiger partial charge is 0.495 e. The second-order valence-corrected chi connectivity index (χ2v) is 8.89. The number of halogens is 1. The molecule has 160 valence electrons. The normalized spacial score (nSPS) is 11.2. The van der Waals surface area contributed by atoms with Gasteiger partial charge in [-0.15, -0.1) is 10.2 Å². The van der Waals surface area contributed by atoms with E-state index in [1.165, 1.54) is 11.3 Å². The summed E-state index contributed by atoms with van der Waals surface area (Å²) in [5.74, 6) is 1.17. The molecule has 0 saturated carbocycles. The maximum Gasteiger partial charge on any atom is 0.256 e. The first-order valence-corrected chi connectivity index (χ1v) is 11.6. The average Bonchev–Trinajstić information content (AvgIpc) is 3.40. The first-order chi connectivity index (χ1) is 15.6. The molecule has 0 unspecified atom stereocenters. The molecule has 5 rings (SSSR count). The van der Waals surface area contributed by atoms with Crippen molar-refractivity contribution in [2.75, 3.05) is 12.4 Å². The third-order valence-corrected chi connectivity index (χ3v) is 6.82. The number of ether oxygens (including phenoxy) is 1. The molecule has 0 aliphatic heterocycles. The Hall–Kier alpha value is -3.30. The number of methoxy groups -OCH3 is 1. The van der Waals surface area contributed by atoms with E-state index in [1.54, 1.807) is 11.6 Å². The van der Waals surface area contributed by atoms with Crippen molar-refractivity contribution in [3.63, 3.8) is 0 Å². The van der Waals surface area contributed by atoms with Crippen molar-refractivity contribution in [3.8, 4) is 16.3 Å². The molecule has 0 saturated heterocycles. The molecule has 7 nitrogen and oxygen atoms in total. The van der Waals surface area contributed by atoms with Gasteiger partial charge in [0.2, 0.25) is 4.96 Å². The zero-order chi connectivity index (χ0) is 22.2. The Morgan fingerprint density at radius 1 is 1.12 bits per heavy atom. The average molecular weight is 508 g/mol. The molecule has 32 heavy (non-hydrogen) atoms. The van der Waals surface area contributed by atoms with Crippen molar-refractivity contribution in [1.82, 2.24) is 19.8 Å². The zero-order valence-electron chi connectivity index (χ0n) is 17.3. The first-order valence-electron chi connectivity index (χ1n) is 9.97. The number of aromatic nitrogens is 4. The van der Waals surface area contributed by atoms with E-state index >= 15 is 0 Å². The second kappa shape index (κ2) is 8.33. The third kappa shape index (κ3) is 3.53. The molecule has 0 radical (unpaired) electrons. The Balaban J connectivity index is 1.52. The van der Waals surface area contributed by atoms with E-state index in [0.717, 1.165) is 43.0 Å². The minimum atomic E-state index is -0.212. The van der Waals surface area contributed by atoms with Gasteiger partial charge in [-0.25, -0.2) is 0 Å². The van der Waals surface area contributed by atoms with Gasteiger partial charge < -0.3 is 10.1 Å². The van der Waals surface area contributed by atoms with Gasteiger partial charge in [-0.2, -0.15) is 9.61 Å². The SMILES string of the molecule is CCc1nnc2sc(-c3ccc(OC)c(NC(=O)c4cccc5c(Br)cccc45)c3)nn12. The fourth-order valence-corrected chi connectivity index (χ4v) is 4.95. The van der Waals surface area contributed by atoms with Crippen LogP contribution in [0.25, 0.3) is 26.3 Å². The van der Waals surface area contributed by atoms with Crippen LogP contribution in [-0.4, -0.2) is 32.8 Å². The molecule has 1 N–H and O–H groups in total. The molecule has 9 heteroatoms. The molecular weight excluding hydrogens is 490 g/mol. The molecule has 2 heterocycles. The number of hydrogen-bond acceptors (Lipinski definition) is 6. The van der Waals surface area contributed by atoms with Gasteiger partial charge in [0.25, 0.3) is 5.91 Å². The van der Waals surface area contributed by atoms with Crippen LogP contribution in [0.1, 0.15) is 23.1 Å². The van der Waals surface area contributed by atoms with Crippen LogP contribution < -0.4 is 10.1 Å². The van der Waals surface area contributed by atoms with E-state index < -0.39 is 0 Å². The van der Waals surface area contributed by atoms with Crippen LogP contribution >= 0.6 is 27.3 Å². The topological polar surface area (TPSA) is 81.4 Å². The Morgan fingerprint density at radius 3 is 2.75 bits per heavy atom. The quantitative estimate of drug-likeness (QED) is 0.335. The van der Waals surface area contributed by atoms with Gasteiger partial charge in [0.05, 0.1) is 12.8 Å². The maximum absolute atomic E-state index is 13.2. The molecule has 0 spiro atoms. The summed E-state index contributed by atoms with van der Waals surface area (Å²) in [7, 11) is 1.58. The van der Waals surface area contributed by atoms with Crippen molar-refractivity contribution >= 4 is 54.6 Å². The number of anilines is 1. The molecule has 0 bridgehead atoms. The Labute approximate surface area is 196 Å². The lowest BCUT2D eigenvalue weighted by atomic mass is 10.0. The monoisotopic (exact) mass is 507 g/mol. The van der Waals surface area contributed by atoms with Gasteiger partial charge in [0.1, 0.15) is 10.8 Å². The van der Waals surface area contributed by atoms with Gasteiger partial charge in [-0.3, -0.25) is 4.79 Å². The van der Waals surface area contributed by atoms with E-state index in [2.05, 4.69) is 36.5 Å². The van der Waals surface area contributed by atoms with Gasteiger partial charge in [-0.05, 0) is 41.1 Å². The van der Waals surface area contributed by atoms with Crippen molar-refractivity contribution in [2.24, 2.45) is 0 Å². The highest BCUT2D eigenvalue weighted by Crippen LogP contribution is 2.34. The van der Waals surface area contributed by atoms with Gasteiger partial charge >= 0.3 is 0 Å². The molecule has 0 aliphatic carbocycles. The molecule has 1 amide bonds. The molecule has 2 aromatic heterocycles. The summed E-state index contributed by atoms with van der Waals surface area (Å²) < 4.78 is 8.20. The summed E-state index contributed by atoms with van der Waals surface area (Å²) in [4.78, 5) is 14.0. The number of hydrogen-bond donors (Lipinski definition) is 1. The lowest BCUT2D eigenvalue weighted by molar-refractivity contribution is 0.102. The number of carbonyl (C=O) groups excluding carboxylic acids is 1. The van der Waals surface area contributed by atoms with Crippen LogP contribution in [-0.2, 0) is 6.42 Å². The fraction of sp³-hybridized carbons (Fsp3) is 0.130. The maximum atomic E-state index is 13.2. The number of rotatable bonds is 5. The van der Waals surface area contributed by atoms with E-state index in [9.17, 15) is 4.79 Å². The lowest BCUT2D eigenvalue weighted by Gasteiger charge is -2.13. The standard InChI is InChI=1S/C23H18BrN5O2S/c1-3-20-26-27-23-29(20)28-22(32-23)13-10-11-19(31-2)18(12-13)25-21(30)16-8-4-7-15-14(16)6-5-9-17(15)24/h4-12H,3H2,1-2H3,(H,25,30). The van der Waals surface area contributed by atoms with Crippen LogP contribution in [0.3, 0.4) is 0 Å². The molecule has 3 aromatic carbocycles. The van der Waals surface area contributed by atoms with Crippen molar-refractivity contribution in [3.05, 3.63) is 70.5 Å². The molecule has 0 aliphatic rings. The van der Waals surface area contributed by atoms with Gasteiger partial charge in [-0.1, -0.05) is 58.5 Å². The predicted molar refractivity (Wildman–Crippen MR) is 130 cm³/mol. The van der Waals surface area contributed by atoms with Crippen molar-refractivity contribution in [2.45, 2.75) is 13.3 Å². The molecule has 5 aromatic rings. The highest BCUT2D eigenvalue weighted by Gasteiger charge is 2.17. The Morgan fingerprint density at radius 2 is 1.94 bits per heavy atom. The summed E-state index contributed by atoms with van der Waals surface area (Å²) in [6.45, 7) is 2.02. The summed E-state index contributed by atoms with van der Waals surface area (Å²) in [5, 5.41) is 18.6. The van der Waals surface area contributed by atoms with Gasteiger partial charge in [0.15, 0.2) is 5.82 Å². The number of fused-ring (bicyclic) bond motifs is 2. The zero-order valence-corrected chi connectivity index (χ0v) is 19.7. The molecular formula is C23H18BrN5O2S. The highest BCUT2D eigenvalue weighted by molar-refractivity contribution is 9.10. The Bertz CT molecular complexity index is 1480. The number of amides is 1. The predicted octanol–water partition coefficient (Wildman–Crippen LogP) is 5.59. The van der Waals surface area contributed by atoms with Crippen molar-refractivity contribution < 1.29 is 9.53 Å². The Kier molecular flexibility index (Phi) is 5.36. The minimum Gasteiger partial charge on any atom is -0.495 e. The van der Waals surface area contributed by atoms with Crippen LogP contribution in [0.2, 0.25) is 0 Å². The van der Waals surface area contributed by atoms with Crippen LogP contribution in [0.4, 0.5) is 5.69 Å². The number of carbonyl (C=O) groups is 1. The summed E-state index contributed by atoms with van der Waals surface area (Å²) >= 11 is 5.00. The second-order valence-electron chi connectivity index (χ2n) is 7.08. The number of nitrogens with one attached hydrogen (secondary N) is 1. The van der Waals surface area contributed by atoms with Crippen LogP contribution in [0.5, 0.6) is 5.75 Å². The lowest BCUT2D eigenvalue weighted by Crippen LogP contribution is -2.13. The third-order valence-electron chi connectivity index (χ3n) is 5.18. The van der Waals surface area contributed by atoms with Gasteiger partial charge in [0, 0.05) is 22.0 Å². The smallest absolute Gasteiger partial charge is 0.256 e. The summed E-state index contributed by atoms with van der Waals surface area (Å²) in [6, 6.07) is 17.1. The number of benzene rings is 3. The van der Waals surface area contributed by atoms with E-state index in [0.29, 0.717) is 17.0 Å². The summed E-state index contributed by atoms with van der Waals surface area (Å²) in [6.07, 6.45) is 0.745. The number of aryl methyl sites for hydroxylation is 1. The summed E-state index contributed by atoms with van der Waals surface area (Å²) in [5.41, 5.74) is 2.02. The number of nitrogens with zero attached hydrogens (tertiary/aromatic N) is 4. The highest BCUT2D eigenvalue weighted by atomic mass is 79.9. The van der Waals surface area contributed by atoms with E-state index in [4.69, 9.17) is 4.74 Å². The fourth-order valence-electron chi connectivity index (χ4n) is 3.59. The van der Waals surface area contributed by atoms with Crippen LogP contribution in [0, 0.1) is 0 Å². The minimum absolute atomic E-state index is 0.212. The van der Waals surface area contributed by atoms with Crippen molar-refractivity contribution in [1.29, 1.82) is 0 Å². The molecule has 0 atom stereocenters.